The summed E-state index contributed by atoms with van der Waals surface area (Å²) < 4.78 is 5.50. The molecule has 1 aliphatic rings. The molecule has 1 atom stereocenters. The van der Waals surface area contributed by atoms with E-state index in [1.54, 1.807) is 35.4 Å². The molecule has 1 unspecified atom stereocenters. The predicted octanol–water partition coefficient (Wildman–Crippen LogP) is 3.26. The number of nitrogens with zero attached hydrogens (tertiary/aromatic N) is 2. The first-order valence-corrected chi connectivity index (χ1v) is 9.70. The van der Waals surface area contributed by atoms with Crippen molar-refractivity contribution in [3.05, 3.63) is 57.8 Å². The average Bonchev–Trinajstić information content (AvgIpc) is 3.16. The predicted molar refractivity (Wildman–Crippen MR) is 110 cm³/mol. The molecule has 1 saturated heterocycles. The molecular weight excluding hydrogens is 435 g/mol. The fraction of sp³-hybridized carbons (Fsp3) is 0.300. The van der Waals surface area contributed by atoms with Crippen molar-refractivity contribution in [2.75, 3.05) is 19.7 Å². The van der Waals surface area contributed by atoms with Gasteiger partial charge in [0.15, 0.2) is 6.61 Å². The Hall–Kier alpha value is -2.84. The monoisotopic (exact) mass is 454 g/mol. The number of likely N-dealkylation sites (tertiary alicyclic amines) is 1. The second-order valence-electron chi connectivity index (χ2n) is 6.55. The van der Waals surface area contributed by atoms with Gasteiger partial charge in [0.2, 0.25) is 0 Å². The average molecular weight is 455 g/mol. The number of aromatic carboxylic acids is 1. The van der Waals surface area contributed by atoms with Crippen molar-refractivity contribution in [3.63, 3.8) is 0 Å². The van der Waals surface area contributed by atoms with Crippen molar-refractivity contribution in [2.45, 2.75) is 12.8 Å². The van der Waals surface area contributed by atoms with E-state index in [1.165, 1.54) is 6.20 Å². The van der Waals surface area contributed by atoms with Crippen LogP contribution in [0.15, 0.2) is 36.7 Å². The van der Waals surface area contributed by atoms with Crippen molar-refractivity contribution >= 4 is 41.6 Å². The van der Waals surface area contributed by atoms with E-state index in [0.29, 0.717) is 35.3 Å². The van der Waals surface area contributed by atoms with E-state index < -0.39 is 5.97 Å². The largest absolute Gasteiger partial charge is 0.483 e. The topological polar surface area (TPSA) is 117 Å². The zero-order valence-corrected chi connectivity index (χ0v) is 17.3. The van der Waals surface area contributed by atoms with E-state index in [1.807, 2.05) is 0 Å². The third kappa shape index (κ3) is 6.89. The maximum Gasteiger partial charge on any atom is 0.337 e. The summed E-state index contributed by atoms with van der Waals surface area (Å²) in [5.74, 6) is -0.424. The summed E-state index contributed by atoms with van der Waals surface area (Å²) in [4.78, 5) is 37.5. The molecule has 2 N–H and O–H groups in total. The summed E-state index contributed by atoms with van der Waals surface area (Å²) in [5.41, 5.74) is 1.03. The highest BCUT2D eigenvalue weighted by Crippen LogP contribution is 2.28. The van der Waals surface area contributed by atoms with Gasteiger partial charge in [-0.3, -0.25) is 14.6 Å². The number of aromatic nitrogens is 1. The van der Waals surface area contributed by atoms with Crippen LogP contribution in [-0.4, -0.2) is 58.1 Å². The number of carbonyl (C=O) groups excluding carboxylic acids is 1. The van der Waals surface area contributed by atoms with Gasteiger partial charge in [-0.2, -0.15) is 0 Å². The van der Waals surface area contributed by atoms with Gasteiger partial charge in [0.05, 0.1) is 10.6 Å². The second-order valence-corrected chi connectivity index (χ2v) is 7.40. The van der Waals surface area contributed by atoms with Crippen LogP contribution in [0.1, 0.15) is 22.3 Å². The Balaban J connectivity index is 0.00000101. The molecule has 0 spiro atoms. The molecule has 0 bridgehead atoms. The van der Waals surface area contributed by atoms with Crippen LogP contribution in [0, 0.1) is 5.92 Å². The third-order valence-electron chi connectivity index (χ3n) is 4.45. The van der Waals surface area contributed by atoms with Crippen LogP contribution in [0.25, 0.3) is 0 Å². The smallest absolute Gasteiger partial charge is 0.337 e. The summed E-state index contributed by atoms with van der Waals surface area (Å²) in [7, 11) is 0. The van der Waals surface area contributed by atoms with E-state index in [-0.39, 0.29) is 30.5 Å². The first-order valence-electron chi connectivity index (χ1n) is 8.94. The minimum atomic E-state index is -0.995. The highest BCUT2D eigenvalue weighted by atomic mass is 35.5. The van der Waals surface area contributed by atoms with E-state index in [2.05, 4.69) is 4.98 Å². The van der Waals surface area contributed by atoms with Gasteiger partial charge < -0.3 is 19.8 Å². The minimum Gasteiger partial charge on any atom is -0.483 e. The van der Waals surface area contributed by atoms with Crippen molar-refractivity contribution < 1.29 is 29.3 Å². The molecule has 8 nitrogen and oxygen atoms in total. The Kier molecular flexibility index (Phi) is 8.89. The molecule has 30 heavy (non-hydrogen) atoms. The number of amides is 1. The fourth-order valence-corrected chi connectivity index (χ4v) is 3.56. The lowest BCUT2D eigenvalue weighted by atomic mass is 9.99. The lowest BCUT2D eigenvalue weighted by Gasteiger charge is -2.17. The SMILES string of the molecule is O=C(O)c1cncc(CC2CCN(C(=O)COc3ccc(Cl)cc3Cl)C2)c1.O=CO. The minimum absolute atomic E-state index is 0.0931. The number of carboxylic acid groups (broad SMARTS) is 2. The molecule has 3 rings (SSSR count). The summed E-state index contributed by atoms with van der Waals surface area (Å²) in [6.07, 6.45) is 4.53. The summed E-state index contributed by atoms with van der Waals surface area (Å²) in [6.45, 7) is 0.908. The maximum absolute atomic E-state index is 12.4. The molecule has 10 heteroatoms. The molecule has 2 aromatic rings. The quantitative estimate of drug-likeness (QED) is 0.643. The maximum atomic E-state index is 12.4. The number of hydrogen-bond acceptors (Lipinski definition) is 5. The van der Waals surface area contributed by atoms with E-state index in [0.717, 1.165) is 12.0 Å². The number of rotatable bonds is 6. The second kappa shape index (κ2) is 11.4. The van der Waals surface area contributed by atoms with Crippen LogP contribution in [0.3, 0.4) is 0 Å². The van der Waals surface area contributed by atoms with E-state index in [9.17, 15) is 9.59 Å². The number of pyridine rings is 1. The Morgan fingerprint density at radius 2 is 2.00 bits per heavy atom. The molecule has 1 fully saturated rings. The summed E-state index contributed by atoms with van der Waals surface area (Å²) >= 11 is 11.9. The van der Waals surface area contributed by atoms with Gasteiger partial charge in [-0.25, -0.2) is 4.79 Å². The molecule has 0 saturated carbocycles. The molecule has 1 aliphatic heterocycles. The van der Waals surface area contributed by atoms with Crippen molar-refractivity contribution in [1.29, 1.82) is 0 Å². The van der Waals surface area contributed by atoms with Gasteiger partial charge in [-0.05, 0) is 48.6 Å². The van der Waals surface area contributed by atoms with Crippen LogP contribution >= 0.6 is 23.2 Å². The van der Waals surface area contributed by atoms with Gasteiger partial charge in [0.25, 0.3) is 12.4 Å². The first kappa shape index (κ1) is 23.4. The Morgan fingerprint density at radius 3 is 2.67 bits per heavy atom. The van der Waals surface area contributed by atoms with Crippen LogP contribution in [0.4, 0.5) is 0 Å². The van der Waals surface area contributed by atoms with Crippen LogP contribution in [-0.2, 0) is 16.0 Å². The molecule has 1 amide bonds. The number of ether oxygens (including phenoxy) is 1. The number of hydrogen-bond donors (Lipinski definition) is 2. The zero-order chi connectivity index (χ0) is 22.1. The number of carboxylic acids is 1. The molecule has 1 aromatic heterocycles. The van der Waals surface area contributed by atoms with Crippen LogP contribution < -0.4 is 4.74 Å². The molecule has 2 heterocycles. The Labute approximate surface area is 183 Å². The number of benzene rings is 1. The van der Waals surface area contributed by atoms with Crippen LogP contribution in [0.2, 0.25) is 10.0 Å². The summed E-state index contributed by atoms with van der Waals surface area (Å²) in [5, 5.41) is 16.8. The van der Waals surface area contributed by atoms with Gasteiger partial charge in [-0.1, -0.05) is 23.2 Å². The molecule has 0 aliphatic carbocycles. The normalized spacial score (nSPS) is 15.1. The molecule has 160 valence electrons. The lowest BCUT2D eigenvalue weighted by molar-refractivity contribution is -0.132. The lowest BCUT2D eigenvalue weighted by Crippen LogP contribution is -2.33. The van der Waals surface area contributed by atoms with Gasteiger partial charge in [-0.15, -0.1) is 0 Å². The van der Waals surface area contributed by atoms with Crippen molar-refractivity contribution in [3.8, 4) is 5.75 Å². The third-order valence-corrected chi connectivity index (χ3v) is 4.98. The van der Waals surface area contributed by atoms with Gasteiger partial charge >= 0.3 is 5.97 Å². The van der Waals surface area contributed by atoms with Gasteiger partial charge in [0, 0.05) is 30.5 Å². The molecule has 1 aromatic carbocycles. The number of halogens is 2. The highest BCUT2D eigenvalue weighted by molar-refractivity contribution is 6.35. The first-order chi connectivity index (χ1) is 14.3. The highest BCUT2D eigenvalue weighted by Gasteiger charge is 2.27. The Morgan fingerprint density at radius 1 is 1.27 bits per heavy atom. The summed E-state index contributed by atoms with van der Waals surface area (Å²) in [6, 6.07) is 6.48. The zero-order valence-electron chi connectivity index (χ0n) is 15.8. The Bertz CT molecular complexity index is 909. The van der Waals surface area contributed by atoms with E-state index in [4.69, 9.17) is 42.9 Å². The van der Waals surface area contributed by atoms with Crippen molar-refractivity contribution in [2.24, 2.45) is 5.92 Å². The molecule has 0 radical (unpaired) electrons. The van der Waals surface area contributed by atoms with E-state index >= 15 is 0 Å². The van der Waals surface area contributed by atoms with Crippen LogP contribution in [0.5, 0.6) is 5.75 Å². The van der Waals surface area contributed by atoms with Gasteiger partial charge in [0.1, 0.15) is 5.75 Å². The van der Waals surface area contributed by atoms with Crippen molar-refractivity contribution in [1.82, 2.24) is 9.88 Å². The number of carbonyl (C=O) groups is 3. The standard InChI is InChI=1S/C19H18Cl2N2O4.CH2O2/c20-15-1-2-17(16(21)7-15)27-11-18(24)23-4-3-12(10-23)5-13-6-14(19(25)26)9-22-8-13;2-1-3/h1-2,6-9,12H,3-5,10-11H2,(H,25,26);1H,(H,2,3). The fourth-order valence-electron chi connectivity index (χ4n) is 3.10. The molecular formula is C20H20Cl2N2O6.